The van der Waals surface area contributed by atoms with E-state index in [2.05, 4.69) is 20.4 Å². The molecule has 11 heteroatoms. The van der Waals surface area contributed by atoms with Crippen LogP contribution in [0, 0.1) is 0 Å². The van der Waals surface area contributed by atoms with Crippen LogP contribution in [0.25, 0.3) is 34.0 Å². The van der Waals surface area contributed by atoms with Crippen molar-refractivity contribution in [2.24, 2.45) is 0 Å². The zero-order valence-corrected chi connectivity index (χ0v) is 21.6. The van der Waals surface area contributed by atoms with E-state index in [1.54, 1.807) is 30.3 Å². The normalized spacial score (nSPS) is 16.5. The van der Waals surface area contributed by atoms with Crippen LogP contribution < -0.4 is 11.1 Å². The summed E-state index contributed by atoms with van der Waals surface area (Å²) in [7, 11) is -3.45. The number of benzene rings is 2. The van der Waals surface area contributed by atoms with Crippen molar-refractivity contribution < 1.29 is 22.1 Å². The smallest absolute Gasteiger partial charge is 0.189 e. The topological polar surface area (TPSA) is 133 Å². The number of nitrogens with two attached hydrogens (primary N) is 1. The second-order valence-corrected chi connectivity index (χ2v) is 11.5. The van der Waals surface area contributed by atoms with E-state index >= 15 is 0 Å². The Morgan fingerprint density at radius 3 is 2.50 bits per heavy atom. The Hall–Kier alpha value is -3.67. The minimum Gasteiger partial charge on any atom is -0.382 e. The lowest BCUT2D eigenvalue weighted by Crippen LogP contribution is -2.21. The van der Waals surface area contributed by atoms with Gasteiger partial charge in [-0.1, -0.05) is 41.6 Å². The van der Waals surface area contributed by atoms with E-state index in [0.717, 1.165) is 11.1 Å². The van der Waals surface area contributed by atoms with Crippen LogP contribution in [-0.4, -0.2) is 54.7 Å². The lowest BCUT2D eigenvalue weighted by atomic mass is 10.1. The number of hydrogen-bond donors (Lipinski definition) is 2. The second kappa shape index (κ2) is 11.0. The quantitative estimate of drug-likeness (QED) is 0.324. The van der Waals surface area contributed by atoms with Crippen LogP contribution in [0.15, 0.2) is 70.2 Å². The fourth-order valence-corrected chi connectivity index (χ4v) is 5.80. The second-order valence-electron chi connectivity index (χ2n) is 9.23. The lowest BCUT2D eigenvalue weighted by Gasteiger charge is -2.10. The van der Waals surface area contributed by atoms with Crippen molar-refractivity contribution in [1.29, 1.82) is 0 Å². The summed E-state index contributed by atoms with van der Waals surface area (Å²) in [5.74, 6) is 0.537. The molecule has 0 bridgehead atoms. The van der Waals surface area contributed by atoms with Crippen molar-refractivity contribution in [2.45, 2.75) is 36.2 Å². The number of nitrogens with one attached hydrogen (secondary N) is 1. The fourth-order valence-electron chi connectivity index (χ4n) is 4.22. The number of rotatable bonds is 9. The Morgan fingerprint density at radius 1 is 1.11 bits per heavy atom. The Labute approximate surface area is 220 Å². The molecule has 0 aliphatic carbocycles. The van der Waals surface area contributed by atoms with Crippen LogP contribution in [0.3, 0.4) is 0 Å². The number of nitrogens with zero attached hydrogens (tertiary/aromatic N) is 3. The third-order valence-corrected chi connectivity index (χ3v) is 8.53. The van der Waals surface area contributed by atoms with Crippen LogP contribution in [0.4, 0.5) is 10.2 Å². The van der Waals surface area contributed by atoms with Crippen LogP contribution in [0.2, 0.25) is 0 Å². The van der Waals surface area contributed by atoms with Gasteiger partial charge in [-0.3, -0.25) is 0 Å². The highest BCUT2D eigenvalue weighted by Gasteiger charge is 2.31. The van der Waals surface area contributed by atoms with E-state index in [0.29, 0.717) is 54.5 Å². The molecule has 0 radical (unpaired) electrons. The highest BCUT2D eigenvalue weighted by atomic mass is 32.2. The first-order valence-corrected chi connectivity index (χ1v) is 13.8. The van der Waals surface area contributed by atoms with Gasteiger partial charge in [0.15, 0.2) is 27.1 Å². The number of halogens is 1. The molecule has 2 atom stereocenters. The van der Waals surface area contributed by atoms with E-state index in [1.807, 2.05) is 24.3 Å². The van der Waals surface area contributed by atoms with Crippen molar-refractivity contribution in [2.75, 3.05) is 25.5 Å². The maximum Gasteiger partial charge on any atom is 0.189 e. The van der Waals surface area contributed by atoms with Crippen LogP contribution >= 0.6 is 0 Å². The summed E-state index contributed by atoms with van der Waals surface area (Å²) in [6, 6.07) is 16.0. The minimum absolute atomic E-state index is 0.181. The molecule has 1 unspecified atom stereocenters. The molecular formula is C27H28FN5O4S. The molecule has 5 rings (SSSR count). The van der Waals surface area contributed by atoms with Gasteiger partial charge in [-0.2, -0.15) is 0 Å². The number of anilines is 1. The third kappa shape index (κ3) is 5.59. The Morgan fingerprint density at radius 2 is 1.82 bits per heavy atom. The van der Waals surface area contributed by atoms with Gasteiger partial charge in [-0.15, -0.1) is 0 Å². The predicted octanol–water partition coefficient (Wildman–Crippen LogP) is 4.06. The van der Waals surface area contributed by atoms with Gasteiger partial charge in [0, 0.05) is 36.9 Å². The zero-order chi connectivity index (χ0) is 26.7. The number of ether oxygens (including phenoxy) is 1. The largest absolute Gasteiger partial charge is 0.382 e. The predicted molar refractivity (Wildman–Crippen MR) is 141 cm³/mol. The van der Waals surface area contributed by atoms with Gasteiger partial charge in [0.1, 0.15) is 11.9 Å². The molecular weight excluding hydrogens is 509 g/mol. The van der Waals surface area contributed by atoms with Crippen molar-refractivity contribution in [3.8, 4) is 34.0 Å². The monoisotopic (exact) mass is 537 g/mol. The van der Waals surface area contributed by atoms with E-state index in [-0.39, 0.29) is 17.3 Å². The summed E-state index contributed by atoms with van der Waals surface area (Å²) < 4.78 is 49.4. The molecule has 9 nitrogen and oxygen atoms in total. The lowest BCUT2D eigenvalue weighted by molar-refractivity contribution is 0.198. The third-order valence-electron chi connectivity index (χ3n) is 6.35. The fraction of sp³-hybridized carbons (Fsp3) is 0.296. The van der Waals surface area contributed by atoms with Crippen LogP contribution in [0.5, 0.6) is 0 Å². The van der Waals surface area contributed by atoms with Crippen LogP contribution in [-0.2, 0) is 21.1 Å². The van der Waals surface area contributed by atoms with Crippen LogP contribution in [0.1, 0.15) is 18.9 Å². The SMILES string of the molecule is CC(F)CNCc1ccc(-c2cc(-c3nc(-c4ccc(S(=O)(=O)[C@@H]5CCOC5)cc4)cnc3N)on2)cc1. The standard InChI is InChI=1S/C27H28FN5O4S/c1-17(28)13-30-14-18-2-4-19(5-3-18)23-12-25(37-33-23)26-27(29)31-15-24(32-26)20-6-8-21(9-7-20)38(34,35)22-10-11-36-16-22/h2-9,12,15,17,22,30H,10-11,13-14,16H2,1H3,(H2,29,31)/t17?,22-/m1/s1. The molecule has 3 heterocycles. The maximum absolute atomic E-state index is 13.0. The molecule has 0 saturated carbocycles. The first-order chi connectivity index (χ1) is 18.3. The molecule has 3 N–H and O–H groups in total. The van der Waals surface area contributed by atoms with Crippen molar-refractivity contribution in [1.82, 2.24) is 20.4 Å². The van der Waals surface area contributed by atoms with Gasteiger partial charge in [0.2, 0.25) is 0 Å². The summed E-state index contributed by atoms with van der Waals surface area (Å²) in [6.07, 6.45) is 1.13. The molecule has 0 amide bonds. The average molecular weight is 538 g/mol. The highest BCUT2D eigenvalue weighted by molar-refractivity contribution is 7.92. The number of alkyl halides is 1. The first kappa shape index (κ1) is 26.0. The molecule has 2 aromatic heterocycles. The maximum atomic E-state index is 13.0. The number of aromatic nitrogens is 3. The zero-order valence-electron chi connectivity index (χ0n) is 20.8. The molecule has 198 valence electrons. The molecule has 1 aliphatic rings. The van der Waals surface area contributed by atoms with E-state index in [4.69, 9.17) is 15.0 Å². The Bertz CT molecular complexity index is 1500. The summed E-state index contributed by atoms with van der Waals surface area (Å²) in [6.45, 7) is 3.06. The molecule has 38 heavy (non-hydrogen) atoms. The van der Waals surface area contributed by atoms with Gasteiger partial charge in [-0.25, -0.2) is 22.8 Å². The molecule has 0 spiro atoms. The van der Waals surface area contributed by atoms with Crippen molar-refractivity contribution in [3.63, 3.8) is 0 Å². The molecule has 1 saturated heterocycles. The van der Waals surface area contributed by atoms with Gasteiger partial charge in [0.05, 0.1) is 28.6 Å². The highest BCUT2D eigenvalue weighted by Crippen LogP contribution is 2.30. The van der Waals surface area contributed by atoms with Crippen molar-refractivity contribution in [3.05, 3.63) is 66.4 Å². The van der Waals surface area contributed by atoms with Gasteiger partial charge >= 0.3 is 0 Å². The Balaban J connectivity index is 1.34. The molecule has 1 fully saturated rings. The molecule has 1 aliphatic heterocycles. The average Bonchev–Trinajstić information content (AvgIpc) is 3.63. The van der Waals surface area contributed by atoms with Crippen molar-refractivity contribution >= 4 is 15.7 Å². The van der Waals surface area contributed by atoms with Gasteiger partial charge in [-0.05, 0) is 31.0 Å². The summed E-state index contributed by atoms with van der Waals surface area (Å²) >= 11 is 0. The van der Waals surface area contributed by atoms with Gasteiger partial charge in [0.25, 0.3) is 0 Å². The summed E-state index contributed by atoms with van der Waals surface area (Å²) in [5, 5.41) is 6.70. The number of nitrogen functional groups attached to an aromatic ring is 1. The first-order valence-electron chi connectivity index (χ1n) is 12.3. The number of hydrogen-bond acceptors (Lipinski definition) is 9. The van der Waals surface area contributed by atoms with E-state index in [1.165, 1.54) is 13.1 Å². The Kier molecular flexibility index (Phi) is 7.50. The van der Waals surface area contributed by atoms with E-state index in [9.17, 15) is 12.8 Å². The van der Waals surface area contributed by atoms with Gasteiger partial charge < -0.3 is 20.3 Å². The molecule has 2 aromatic carbocycles. The number of sulfone groups is 1. The molecule has 4 aromatic rings. The van der Waals surface area contributed by atoms with E-state index < -0.39 is 21.3 Å². The summed E-state index contributed by atoms with van der Waals surface area (Å²) in [4.78, 5) is 9.13. The summed E-state index contributed by atoms with van der Waals surface area (Å²) in [5.41, 5.74) is 10.1. The minimum atomic E-state index is -3.45.